The van der Waals surface area contributed by atoms with Gasteiger partial charge in [0.05, 0.1) is 0 Å². The van der Waals surface area contributed by atoms with Gasteiger partial charge in [0.2, 0.25) is 0 Å². The molecule has 0 saturated carbocycles. The van der Waals surface area contributed by atoms with E-state index >= 15 is 0 Å². The molecule has 0 saturated heterocycles. The van der Waals surface area contributed by atoms with Crippen molar-refractivity contribution in [1.82, 2.24) is 0 Å². The Balaban J connectivity index is 2.67. The van der Waals surface area contributed by atoms with E-state index < -0.39 is 5.43 Å². The normalized spacial score (nSPS) is 9.40. The summed E-state index contributed by atoms with van der Waals surface area (Å²) in [6.07, 6.45) is 0. The molecule has 54 valence electrons. The molecular formula is C6H5ClO2S. The van der Waals surface area contributed by atoms with Crippen LogP contribution in [0, 0.1) is 6.92 Å². The summed E-state index contributed by atoms with van der Waals surface area (Å²) >= 11 is 6.36. The first-order chi connectivity index (χ1) is 4.68. The van der Waals surface area contributed by atoms with Gasteiger partial charge in [-0.25, -0.2) is 4.79 Å². The Kier molecular flexibility index (Phi) is 2.29. The summed E-state index contributed by atoms with van der Waals surface area (Å²) in [5.74, 6) is 0. The van der Waals surface area contributed by atoms with Gasteiger partial charge in [0, 0.05) is 16.5 Å². The van der Waals surface area contributed by atoms with E-state index in [1.54, 1.807) is 6.07 Å². The van der Waals surface area contributed by atoms with Crippen molar-refractivity contribution in [2.75, 3.05) is 0 Å². The molecule has 1 heterocycles. The summed E-state index contributed by atoms with van der Waals surface area (Å²) in [6.45, 7) is 1.93. The highest BCUT2D eigenvalue weighted by Crippen LogP contribution is 2.23. The predicted octanol–water partition coefficient (Wildman–Crippen LogP) is 2.79. The lowest BCUT2D eigenvalue weighted by Crippen LogP contribution is -1.92. The number of carbonyl (C=O) groups is 1. The Morgan fingerprint density at radius 2 is 2.40 bits per heavy atom. The van der Waals surface area contributed by atoms with Crippen LogP contribution in [0.25, 0.3) is 0 Å². The van der Waals surface area contributed by atoms with Crippen molar-refractivity contribution in [3.8, 4) is 5.06 Å². The smallest absolute Gasteiger partial charge is 0.403 e. The van der Waals surface area contributed by atoms with Crippen molar-refractivity contribution < 1.29 is 9.53 Å². The fourth-order valence-corrected chi connectivity index (χ4v) is 1.38. The largest absolute Gasteiger partial charge is 0.409 e. The summed E-state index contributed by atoms with van der Waals surface area (Å²) in [4.78, 5) is 11.3. The maximum atomic E-state index is 10.2. The molecule has 0 bridgehead atoms. The molecule has 0 aliphatic carbocycles. The average Bonchev–Trinajstić information content (AvgIpc) is 2.13. The van der Waals surface area contributed by atoms with E-state index in [-0.39, 0.29) is 0 Å². The molecule has 0 aliphatic rings. The molecule has 0 aliphatic heterocycles. The van der Waals surface area contributed by atoms with E-state index in [9.17, 15) is 4.79 Å². The zero-order valence-corrected chi connectivity index (χ0v) is 6.83. The first-order valence-electron chi connectivity index (χ1n) is 2.62. The number of carbonyl (C=O) groups excluding carboxylic acids is 1. The zero-order chi connectivity index (χ0) is 7.56. The minimum Gasteiger partial charge on any atom is -0.403 e. The van der Waals surface area contributed by atoms with E-state index in [1.165, 1.54) is 11.3 Å². The SMILES string of the molecule is Cc1ccc(OC(=O)Cl)s1. The second-order valence-corrected chi connectivity index (χ2v) is 3.26. The van der Waals surface area contributed by atoms with Crippen LogP contribution in [0.4, 0.5) is 4.79 Å². The van der Waals surface area contributed by atoms with Crippen LogP contribution in [0.1, 0.15) is 4.88 Å². The van der Waals surface area contributed by atoms with Gasteiger partial charge in [-0.2, -0.15) is 0 Å². The Morgan fingerprint density at radius 3 is 2.80 bits per heavy atom. The van der Waals surface area contributed by atoms with Crippen molar-refractivity contribution in [2.24, 2.45) is 0 Å². The van der Waals surface area contributed by atoms with Gasteiger partial charge in [-0.05, 0) is 19.1 Å². The Morgan fingerprint density at radius 1 is 1.70 bits per heavy atom. The number of rotatable bonds is 1. The number of aryl methyl sites for hydroxylation is 1. The summed E-state index contributed by atoms with van der Waals surface area (Å²) in [7, 11) is 0. The third-order valence-corrected chi connectivity index (χ3v) is 1.85. The highest BCUT2D eigenvalue weighted by molar-refractivity contribution is 7.13. The van der Waals surface area contributed by atoms with Crippen LogP contribution in [0.15, 0.2) is 12.1 Å². The quantitative estimate of drug-likeness (QED) is 0.615. The Hall–Kier alpha value is -0.540. The molecule has 0 atom stereocenters. The fraction of sp³-hybridized carbons (Fsp3) is 0.167. The van der Waals surface area contributed by atoms with E-state index in [0.717, 1.165) is 4.88 Å². The molecule has 4 heteroatoms. The van der Waals surface area contributed by atoms with Gasteiger partial charge in [0.1, 0.15) is 0 Å². The monoisotopic (exact) mass is 176 g/mol. The van der Waals surface area contributed by atoms with Crippen LogP contribution in [-0.4, -0.2) is 5.43 Å². The molecule has 0 spiro atoms. The van der Waals surface area contributed by atoms with Crippen molar-refractivity contribution >= 4 is 28.4 Å². The lowest BCUT2D eigenvalue weighted by atomic mass is 10.5. The van der Waals surface area contributed by atoms with E-state index in [0.29, 0.717) is 5.06 Å². The number of thiophene rings is 1. The minimum absolute atomic E-state index is 0.539. The van der Waals surface area contributed by atoms with Gasteiger partial charge in [0.25, 0.3) is 0 Å². The second-order valence-electron chi connectivity index (χ2n) is 1.70. The topological polar surface area (TPSA) is 26.3 Å². The summed E-state index contributed by atoms with van der Waals surface area (Å²) in [6, 6.07) is 3.57. The van der Waals surface area contributed by atoms with Crippen molar-refractivity contribution in [3.05, 3.63) is 17.0 Å². The van der Waals surface area contributed by atoms with E-state index in [2.05, 4.69) is 4.74 Å². The standard InChI is InChI=1S/C6H5ClO2S/c1-4-2-3-5(10-4)9-6(7)8/h2-3H,1H3. The predicted molar refractivity (Wildman–Crippen MR) is 40.9 cm³/mol. The van der Waals surface area contributed by atoms with Crippen LogP contribution in [0.2, 0.25) is 0 Å². The maximum Gasteiger partial charge on any atom is 0.409 e. The van der Waals surface area contributed by atoms with Gasteiger partial charge >= 0.3 is 5.43 Å². The molecule has 0 aromatic carbocycles. The molecule has 0 N–H and O–H groups in total. The first kappa shape index (κ1) is 7.57. The number of hydrogen-bond acceptors (Lipinski definition) is 3. The van der Waals surface area contributed by atoms with Crippen LogP contribution in [0.3, 0.4) is 0 Å². The van der Waals surface area contributed by atoms with Crippen LogP contribution < -0.4 is 4.74 Å². The summed E-state index contributed by atoms with van der Waals surface area (Å²) in [5, 5.41) is 0.539. The fourth-order valence-electron chi connectivity index (χ4n) is 0.546. The zero-order valence-electron chi connectivity index (χ0n) is 5.26. The Bertz CT molecular complexity index is 244. The minimum atomic E-state index is -0.790. The van der Waals surface area contributed by atoms with Gasteiger partial charge < -0.3 is 4.74 Å². The summed E-state index contributed by atoms with van der Waals surface area (Å²) in [5.41, 5.74) is -0.790. The molecule has 1 aromatic heterocycles. The lowest BCUT2D eigenvalue weighted by molar-refractivity contribution is 0.227. The van der Waals surface area contributed by atoms with Crippen LogP contribution >= 0.6 is 22.9 Å². The molecule has 10 heavy (non-hydrogen) atoms. The van der Waals surface area contributed by atoms with Gasteiger partial charge in [-0.1, -0.05) is 0 Å². The van der Waals surface area contributed by atoms with Crippen molar-refractivity contribution in [1.29, 1.82) is 0 Å². The molecule has 0 amide bonds. The van der Waals surface area contributed by atoms with Crippen molar-refractivity contribution in [2.45, 2.75) is 6.92 Å². The summed E-state index contributed by atoms with van der Waals surface area (Å²) < 4.78 is 4.58. The van der Waals surface area contributed by atoms with Gasteiger partial charge in [0.15, 0.2) is 5.06 Å². The van der Waals surface area contributed by atoms with Crippen LogP contribution in [0.5, 0.6) is 5.06 Å². The lowest BCUT2D eigenvalue weighted by Gasteiger charge is -1.90. The molecule has 0 fully saturated rings. The number of hydrogen-bond donors (Lipinski definition) is 0. The third kappa shape index (κ3) is 2.01. The van der Waals surface area contributed by atoms with Crippen molar-refractivity contribution in [3.63, 3.8) is 0 Å². The van der Waals surface area contributed by atoms with E-state index in [1.807, 2.05) is 13.0 Å². The van der Waals surface area contributed by atoms with Crippen LogP contribution in [-0.2, 0) is 0 Å². The highest BCUT2D eigenvalue weighted by Gasteiger charge is 2.00. The third-order valence-electron chi connectivity index (χ3n) is 0.897. The molecule has 0 radical (unpaired) electrons. The molecule has 2 nitrogen and oxygen atoms in total. The highest BCUT2D eigenvalue weighted by atomic mass is 35.5. The molecule has 1 rings (SSSR count). The number of halogens is 1. The maximum absolute atomic E-state index is 10.2. The average molecular weight is 177 g/mol. The Labute approximate surface area is 67.4 Å². The second kappa shape index (κ2) is 3.03. The molecule has 0 unspecified atom stereocenters. The van der Waals surface area contributed by atoms with E-state index in [4.69, 9.17) is 11.6 Å². The number of ether oxygens (including phenoxy) is 1. The first-order valence-corrected chi connectivity index (χ1v) is 3.81. The molecular weight excluding hydrogens is 172 g/mol. The molecule has 1 aromatic rings. The van der Waals surface area contributed by atoms with Gasteiger partial charge in [-0.15, -0.1) is 11.3 Å². The van der Waals surface area contributed by atoms with Gasteiger partial charge in [-0.3, -0.25) is 0 Å².